The summed E-state index contributed by atoms with van der Waals surface area (Å²) in [4.78, 5) is 11.5. The van der Waals surface area contributed by atoms with Gasteiger partial charge in [0, 0.05) is 23.9 Å². The van der Waals surface area contributed by atoms with Crippen molar-refractivity contribution in [3.05, 3.63) is 40.2 Å². The fourth-order valence-corrected chi connectivity index (χ4v) is 3.13. The summed E-state index contributed by atoms with van der Waals surface area (Å²) in [6, 6.07) is 7.22. The molecule has 24 heavy (non-hydrogen) atoms. The number of quaternary nitrogens is 1. The molecular formula is C19H28ClNO3. The summed E-state index contributed by atoms with van der Waals surface area (Å²) in [5.74, 6) is 0.758. The summed E-state index contributed by atoms with van der Waals surface area (Å²) < 4.78 is 12.2. The van der Waals surface area contributed by atoms with Gasteiger partial charge in [-0.2, -0.15) is 0 Å². The first-order valence-electron chi connectivity index (χ1n) is 8.56. The highest BCUT2D eigenvalue weighted by atomic mass is 35.5. The first kappa shape index (κ1) is 20.5. The minimum atomic E-state index is -0.317. The van der Waals surface area contributed by atoms with Gasteiger partial charge in [-0.15, -0.1) is 0 Å². The van der Waals surface area contributed by atoms with Gasteiger partial charge in [-0.05, 0) is 45.4 Å². The third-order valence-electron chi connectivity index (χ3n) is 4.98. The number of hydrogen-bond donors (Lipinski definition) is 0. The molecule has 1 aromatic heterocycles. The monoisotopic (exact) mass is 353 g/mol. The van der Waals surface area contributed by atoms with Gasteiger partial charge in [-0.3, -0.25) is 0 Å². The fourth-order valence-electron chi connectivity index (χ4n) is 3.13. The fraction of sp³-hybridized carbons (Fsp3) is 0.526. The van der Waals surface area contributed by atoms with Gasteiger partial charge in [0.2, 0.25) is 0 Å². The molecule has 0 aliphatic rings. The lowest BCUT2D eigenvalue weighted by atomic mass is 10.1. The molecule has 0 fully saturated rings. The van der Waals surface area contributed by atoms with E-state index < -0.39 is 0 Å². The van der Waals surface area contributed by atoms with E-state index in [1.54, 1.807) is 0 Å². The van der Waals surface area contributed by atoms with Crippen LogP contribution < -0.4 is 22.8 Å². The Labute approximate surface area is 150 Å². The highest BCUT2D eigenvalue weighted by molar-refractivity contribution is 5.81. The van der Waals surface area contributed by atoms with Crippen LogP contribution >= 0.6 is 0 Å². The van der Waals surface area contributed by atoms with Crippen LogP contribution in [0.1, 0.15) is 32.8 Å². The molecule has 4 nitrogen and oxygen atoms in total. The molecular weight excluding hydrogens is 326 g/mol. The SMILES string of the molecule is CC[N+](CC)(CC)CCCOc1ccc2c(C)cc(=O)oc2c1.[Cl-]. The molecule has 0 saturated carbocycles. The smallest absolute Gasteiger partial charge is 0.336 e. The Morgan fingerprint density at radius 1 is 1.08 bits per heavy atom. The van der Waals surface area contributed by atoms with E-state index in [9.17, 15) is 4.79 Å². The van der Waals surface area contributed by atoms with Crippen LogP contribution in [0.15, 0.2) is 33.5 Å². The summed E-state index contributed by atoms with van der Waals surface area (Å²) in [6.07, 6.45) is 1.02. The highest BCUT2D eigenvalue weighted by Gasteiger charge is 2.19. The third kappa shape index (κ3) is 4.74. The maximum Gasteiger partial charge on any atom is 0.336 e. The molecule has 0 spiro atoms. The van der Waals surface area contributed by atoms with Gasteiger partial charge < -0.3 is 26.0 Å². The van der Waals surface area contributed by atoms with Crippen molar-refractivity contribution in [3.8, 4) is 5.75 Å². The summed E-state index contributed by atoms with van der Waals surface area (Å²) in [5, 5.41) is 0.954. The van der Waals surface area contributed by atoms with E-state index in [4.69, 9.17) is 9.15 Å². The van der Waals surface area contributed by atoms with Crippen LogP contribution in [0.3, 0.4) is 0 Å². The number of hydrogen-bond acceptors (Lipinski definition) is 3. The lowest BCUT2D eigenvalue weighted by molar-refractivity contribution is -0.923. The van der Waals surface area contributed by atoms with Gasteiger partial charge in [0.1, 0.15) is 11.3 Å². The number of nitrogens with zero attached hydrogens (tertiary/aromatic N) is 1. The second kappa shape index (κ2) is 9.09. The minimum absolute atomic E-state index is 0. The van der Waals surface area contributed by atoms with Crippen LogP contribution in [0.5, 0.6) is 5.75 Å². The average Bonchev–Trinajstić information content (AvgIpc) is 2.55. The number of benzene rings is 1. The number of halogens is 1. The van der Waals surface area contributed by atoms with E-state index in [0.717, 1.165) is 53.8 Å². The summed E-state index contributed by atoms with van der Waals surface area (Å²) >= 11 is 0. The second-order valence-electron chi connectivity index (χ2n) is 6.12. The molecule has 0 aliphatic heterocycles. The van der Waals surface area contributed by atoms with Crippen molar-refractivity contribution in [2.45, 2.75) is 34.1 Å². The molecule has 0 saturated heterocycles. The Morgan fingerprint density at radius 2 is 1.75 bits per heavy atom. The molecule has 0 amide bonds. The molecule has 2 rings (SSSR count). The van der Waals surface area contributed by atoms with Crippen LogP contribution in [0.2, 0.25) is 0 Å². The summed E-state index contributed by atoms with van der Waals surface area (Å²) in [6.45, 7) is 14.0. The van der Waals surface area contributed by atoms with E-state index in [1.165, 1.54) is 6.07 Å². The van der Waals surface area contributed by atoms with Crippen molar-refractivity contribution in [1.29, 1.82) is 0 Å². The lowest BCUT2D eigenvalue weighted by Gasteiger charge is -2.35. The zero-order valence-electron chi connectivity index (χ0n) is 15.1. The molecule has 2 aromatic rings. The highest BCUT2D eigenvalue weighted by Crippen LogP contribution is 2.22. The van der Waals surface area contributed by atoms with Crippen molar-refractivity contribution >= 4 is 11.0 Å². The summed E-state index contributed by atoms with van der Waals surface area (Å²) in [5.41, 5.74) is 1.20. The molecule has 0 aliphatic carbocycles. The Bertz CT molecular complexity index is 699. The topological polar surface area (TPSA) is 39.4 Å². The molecule has 0 atom stereocenters. The van der Waals surface area contributed by atoms with Gasteiger partial charge >= 0.3 is 5.63 Å². The maximum atomic E-state index is 11.5. The molecule has 0 radical (unpaired) electrons. The molecule has 0 N–H and O–H groups in total. The number of rotatable bonds is 8. The quantitative estimate of drug-likeness (QED) is 0.399. The zero-order valence-corrected chi connectivity index (χ0v) is 15.9. The number of fused-ring (bicyclic) bond motifs is 1. The zero-order chi connectivity index (χ0) is 16.9. The minimum Gasteiger partial charge on any atom is -1.00 e. The number of aryl methyl sites for hydroxylation is 1. The van der Waals surface area contributed by atoms with Crippen LogP contribution in [0.4, 0.5) is 0 Å². The van der Waals surface area contributed by atoms with Crippen molar-refractivity contribution < 1.29 is 26.0 Å². The predicted octanol–water partition coefficient (Wildman–Crippen LogP) is 0.751. The van der Waals surface area contributed by atoms with Crippen LogP contribution in [0, 0.1) is 6.92 Å². The molecule has 1 heterocycles. The van der Waals surface area contributed by atoms with Gasteiger partial charge in [0.05, 0.1) is 32.8 Å². The van der Waals surface area contributed by atoms with Gasteiger partial charge in [0.25, 0.3) is 0 Å². The molecule has 134 valence electrons. The van der Waals surface area contributed by atoms with E-state index in [1.807, 2.05) is 25.1 Å². The van der Waals surface area contributed by atoms with Gasteiger partial charge in [0.15, 0.2) is 0 Å². The van der Waals surface area contributed by atoms with Crippen molar-refractivity contribution in [2.75, 3.05) is 32.8 Å². The average molecular weight is 354 g/mol. The third-order valence-corrected chi connectivity index (χ3v) is 4.98. The van der Waals surface area contributed by atoms with Crippen molar-refractivity contribution in [1.82, 2.24) is 0 Å². The van der Waals surface area contributed by atoms with Crippen molar-refractivity contribution in [3.63, 3.8) is 0 Å². The molecule has 5 heteroatoms. The van der Waals surface area contributed by atoms with Crippen LogP contribution in [0.25, 0.3) is 11.0 Å². The molecule has 0 unspecified atom stereocenters. The largest absolute Gasteiger partial charge is 1.00 e. The van der Waals surface area contributed by atoms with E-state index in [2.05, 4.69) is 20.8 Å². The Hall–Kier alpha value is -1.52. The van der Waals surface area contributed by atoms with Crippen molar-refractivity contribution in [2.24, 2.45) is 0 Å². The van der Waals surface area contributed by atoms with Crippen LogP contribution in [-0.4, -0.2) is 37.3 Å². The maximum absolute atomic E-state index is 11.5. The first-order chi connectivity index (χ1) is 11.0. The van der Waals surface area contributed by atoms with Crippen LogP contribution in [-0.2, 0) is 0 Å². The lowest BCUT2D eigenvalue weighted by Crippen LogP contribution is -3.00. The molecule has 1 aromatic carbocycles. The van der Waals surface area contributed by atoms with E-state index >= 15 is 0 Å². The van der Waals surface area contributed by atoms with E-state index in [0.29, 0.717) is 12.2 Å². The normalized spacial score (nSPS) is 11.3. The Kier molecular flexibility index (Phi) is 7.77. The first-order valence-corrected chi connectivity index (χ1v) is 8.56. The van der Waals surface area contributed by atoms with Gasteiger partial charge in [-0.25, -0.2) is 4.79 Å². The van der Waals surface area contributed by atoms with Gasteiger partial charge in [-0.1, -0.05) is 0 Å². The summed E-state index contributed by atoms with van der Waals surface area (Å²) in [7, 11) is 0. The Balaban J connectivity index is 0.00000288. The van der Waals surface area contributed by atoms with E-state index in [-0.39, 0.29) is 18.0 Å². The number of ether oxygens (including phenoxy) is 1. The second-order valence-corrected chi connectivity index (χ2v) is 6.12. The Morgan fingerprint density at radius 3 is 2.38 bits per heavy atom. The standard InChI is InChI=1S/C19H28NO3.ClH/c1-5-20(6-2,7-3)11-8-12-22-16-9-10-17-15(4)13-19(21)23-18(17)14-16;/h9-10,13-14H,5-8,11-12H2,1-4H3;1H/q+1;/p-1. The molecule has 0 bridgehead atoms. The predicted molar refractivity (Wildman–Crippen MR) is 94.1 cm³/mol.